The number of cyclic esters (lactones) is 2. The van der Waals surface area contributed by atoms with Crippen molar-refractivity contribution in [1.82, 2.24) is 0 Å². The summed E-state index contributed by atoms with van der Waals surface area (Å²) < 4.78 is 10.2. The number of carbonyl (C=O) groups excluding carboxylic acids is 4. The monoisotopic (exact) mass is 429 g/mol. The number of rotatable bonds is 4. The van der Waals surface area contributed by atoms with Gasteiger partial charge < -0.3 is 14.6 Å². The Morgan fingerprint density at radius 2 is 1.34 bits per heavy atom. The van der Waals surface area contributed by atoms with Crippen LogP contribution in [0.3, 0.4) is 0 Å². The van der Waals surface area contributed by atoms with Crippen molar-refractivity contribution in [3.63, 3.8) is 0 Å². The Morgan fingerprint density at radius 3 is 2.06 bits per heavy atom. The van der Waals surface area contributed by atoms with E-state index in [2.05, 4.69) is 4.74 Å². The summed E-state index contributed by atoms with van der Waals surface area (Å²) in [6.45, 7) is 0. The normalized spacial score (nSPS) is 14.3. The van der Waals surface area contributed by atoms with Crippen molar-refractivity contribution >= 4 is 35.4 Å². The Balaban J connectivity index is 1.39. The maximum Gasteiger partial charge on any atom is 0.347 e. The summed E-state index contributed by atoms with van der Waals surface area (Å²) in [5.41, 5.74) is 0.610. The topological polar surface area (TPSA) is 127 Å². The Kier molecular flexibility index (Phi) is 4.13. The molecule has 2 aliphatic rings. The van der Waals surface area contributed by atoms with E-state index < -0.39 is 29.7 Å². The van der Waals surface area contributed by atoms with Gasteiger partial charge in [0.1, 0.15) is 11.5 Å². The summed E-state index contributed by atoms with van der Waals surface area (Å²) in [5, 5.41) is 9.12. The first kappa shape index (κ1) is 19.2. The number of carboxylic acids is 1. The highest BCUT2D eigenvalue weighted by Gasteiger charge is 2.37. The smallest absolute Gasteiger partial charge is 0.347 e. The van der Waals surface area contributed by atoms with Crippen molar-refractivity contribution < 1.29 is 38.6 Å². The van der Waals surface area contributed by atoms with Crippen LogP contribution >= 0.6 is 0 Å². The van der Waals surface area contributed by atoms with Crippen LogP contribution in [0.5, 0.6) is 11.5 Å². The predicted octanol–water partition coefficient (Wildman–Crippen LogP) is 3.29. The van der Waals surface area contributed by atoms with Crippen molar-refractivity contribution in [3.05, 3.63) is 88.5 Å². The van der Waals surface area contributed by atoms with Gasteiger partial charge in [0.2, 0.25) is 0 Å². The number of imide groups is 1. The standard InChI is InChI=1S/C23H11NO8/c25-19-15-7-1-11(21(27)28)9-17(15)20(26)24(19)12-2-4-13(5-3-12)31-14-6-8-16-18(10-14)23(30)32-22(16)29/h1-10H,(H,27,28). The number of anilines is 1. The number of hydrogen-bond donors (Lipinski definition) is 1. The van der Waals surface area contributed by atoms with Gasteiger partial charge in [-0.05, 0) is 60.7 Å². The molecular formula is C23H11NO8. The molecule has 0 aromatic heterocycles. The van der Waals surface area contributed by atoms with E-state index in [1.807, 2.05) is 0 Å². The molecule has 3 aromatic rings. The summed E-state index contributed by atoms with van der Waals surface area (Å²) >= 11 is 0. The van der Waals surface area contributed by atoms with E-state index in [1.54, 1.807) is 0 Å². The van der Waals surface area contributed by atoms with Crippen LogP contribution in [0.25, 0.3) is 0 Å². The van der Waals surface area contributed by atoms with Crippen LogP contribution in [0.1, 0.15) is 51.8 Å². The van der Waals surface area contributed by atoms with Crippen LogP contribution in [0, 0.1) is 0 Å². The summed E-state index contributed by atoms with van der Waals surface area (Å²) in [6.07, 6.45) is 0. The second kappa shape index (κ2) is 6.88. The molecular weight excluding hydrogens is 418 g/mol. The molecule has 2 aliphatic heterocycles. The van der Waals surface area contributed by atoms with Crippen LogP contribution < -0.4 is 9.64 Å². The van der Waals surface area contributed by atoms with E-state index in [4.69, 9.17) is 9.84 Å². The third kappa shape index (κ3) is 2.91. The van der Waals surface area contributed by atoms with E-state index in [1.165, 1.54) is 60.7 Å². The second-order valence-corrected chi connectivity index (χ2v) is 6.99. The molecule has 0 radical (unpaired) electrons. The Bertz CT molecular complexity index is 1370. The highest BCUT2D eigenvalue weighted by molar-refractivity contribution is 6.34. The van der Waals surface area contributed by atoms with E-state index in [0.717, 1.165) is 4.90 Å². The van der Waals surface area contributed by atoms with E-state index in [0.29, 0.717) is 11.5 Å². The predicted molar refractivity (Wildman–Crippen MR) is 107 cm³/mol. The molecule has 0 saturated heterocycles. The number of fused-ring (bicyclic) bond motifs is 2. The minimum Gasteiger partial charge on any atom is -0.478 e. The van der Waals surface area contributed by atoms with Gasteiger partial charge in [-0.3, -0.25) is 9.59 Å². The highest BCUT2D eigenvalue weighted by Crippen LogP contribution is 2.32. The number of ether oxygens (including phenoxy) is 2. The van der Waals surface area contributed by atoms with Gasteiger partial charge in [0, 0.05) is 0 Å². The lowest BCUT2D eigenvalue weighted by Gasteiger charge is -2.14. The first-order chi connectivity index (χ1) is 15.3. The van der Waals surface area contributed by atoms with Gasteiger partial charge in [0.15, 0.2) is 0 Å². The zero-order valence-corrected chi connectivity index (χ0v) is 16.0. The largest absolute Gasteiger partial charge is 0.478 e. The van der Waals surface area contributed by atoms with Crippen LogP contribution in [-0.2, 0) is 4.74 Å². The third-order valence-corrected chi connectivity index (χ3v) is 5.08. The van der Waals surface area contributed by atoms with Crippen LogP contribution in [0.15, 0.2) is 60.7 Å². The molecule has 9 nitrogen and oxygen atoms in total. The molecule has 2 heterocycles. The average molecular weight is 429 g/mol. The van der Waals surface area contributed by atoms with Crippen molar-refractivity contribution in [2.75, 3.05) is 4.90 Å². The number of amides is 2. The number of esters is 2. The summed E-state index contributed by atoms with van der Waals surface area (Å²) in [6, 6.07) is 14.1. The molecule has 0 unspecified atom stereocenters. The molecule has 5 rings (SSSR count). The fourth-order valence-corrected chi connectivity index (χ4v) is 3.54. The van der Waals surface area contributed by atoms with Crippen molar-refractivity contribution in [1.29, 1.82) is 0 Å². The lowest BCUT2D eigenvalue weighted by molar-refractivity contribution is 0.0442. The molecule has 0 saturated carbocycles. The molecule has 1 N–H and O–H groups in total. The minimum atomic E-state index is -1.20. The molecule has 32 heavy (non-hydrogen) atoms. The lowest BCUT2D eigenvalue weighted by Crippen LogP contribution is -2.29. The molecule has 0 bridgehead atoms. The van der Waals surface area contributed by atoms with Crippen molar-refractivity contribution in [2.45, 2.75) is 0 Å². The summed E-state index contributed by atoms with van der Waals surface area (Å²) in [5.74, 6) is -3.18. The molecule has 156 valence electrons. The molecule has 2 amide bonds. The van der Waals surface area contributed by atoms with Gasteiger partial charge in [-0.2, -0.15) is 0 Å². The van der Waals surface area contributed by atoms with Gasteiger partial charge in [0.25, 0.3) is 11.8 Å². The maximum atomic E-state index is 12.7. The zero-order valence-electron chi connectivity index (χ0n) is 16.0. The minimum absolute atomic E-state index is 0.0230. The third-order valence-electron chi connectivity index (χ3n) is 5.08. The number of carbonyl (C=O) groups is 5. The number of carboxylic acid groups (broad SMARTS) is 1. The summed E-state index contributed by atoms with van der Waals surface area (Å²) in [4.78, 5) is 60.7. The highest BCUT2D eigenvalue weighted by atomic mass is 16.6. The van der Waals surface area contributed by atoms with Crippen LogP contribution in [0.2, 0.25) is 0 Å². The van der Waals surface area contributed by atoms with E-state index in [9.17, 15) is 24.0 Å². The molecule has 0 fully saturated rings. The van der Waals surface area contributed by atoms with E-state index >= 15 is 0 Å². The Hall–Kier alpha value is -4.79. The Morgan fingerprint density at radius 1 is 0.719 bits per heavy atom. The fourth-order valence-electron chi connectivity index (χ4n) is 3.54. The average Bonchev–Trinajstić information content (AvgIpc) is 3.20. The van der Waals surface area contributed by atoms with Crippen molar-refractivity contribution in [3.8, 4) is 11.5 Å². The quantitative estimate of drug-likeness (QED) is 0.380. The molecule has 3 aromatic carbocycles. The van der Waals surface area contributed by atoms with Crippen LogP contribution in [0.4, 0.5) is 5.69 Å². The second-order valence-electron chi connectivity index (χ2n) is 6.99. The fraction of sp³-hybridized carbons (Fsp3) is 0. The Labute approximate surface area is 179 Å². The number of hydrogen-bond acceptors (Lipinski definition) is 7. The van der Waals surface area contributed by atoms with Gasteiger partial charge in [0.05, 0.1) is 33.5 Å². The van der Waals surface area contributed by atoms with Gasteiger partial charge in [-0.25, -0.2) is 19.3 Å². The van der Waals surface area contributed by atoms with Gasteiger partial charge in [-0.15, -0.1) is 0 Å². The number of aromatic carboxylic acids is 1. The lowest BCUT2D eigenvalue weighted by atomic mass is 10.1. The number of benzene rings is 3. The molecule has 0 aliphatic carbocycles. The molecule has 0 spiro atoms. The SMILES string of the molecule is O=C(O)c1ccc2c(c1)C(=O)N(c1ccc(Oc3ccc4c(c3)C(=O)OC4=O)cc1)C2=O. The maximum absolute atomic E-state index is 12.7. The molecule has 9 heteroatoms. The first-order valence-electron chi connectivity index (χ1n) is 9.28. The summed E-state index contributed by atoms with van der Waals surface area (Å²) in [7, 11) is 0. The van der Waals surface area contributed by atoms with Crippen molar-refractivity contribution in [2.24, 2.45) is 0 Å². The van der Waals surface area contributed by atoms with E-state index in [-0.39, 0.29) is 33.5 Å². The van der Waals surface area contributed by atoms with Crippen LogP contribution in [-0.4, -0.2) is 34.8 Å². The van der Waals surface area contributed by atoms with Gasteiger partial charge >= 0.3 is 17.9 Å². The van der Waals surface area contributed by atoms with Gasteiger partial charge in [-0.1, -0.05) is 0 Å². The zero-order chi connectivity index (χ0) is 22.6. The first-order valence-corrected chi connectivity index (χ1v) is 9.28. The number of nitrogens with zero attached hydrogens (tertiary/aromatic N) is 1. The molecule has 0 atom stereocenters.